The molecule has 128 valence electrons. The third-order valence-corrected chi connectivity index (χ3v) is 3.77. The van der Waals surface area contributed by atoms with Gasteiger partial charge in [-0.2, -0.15) is 4.98 Å². The van der Waals surface area contributed by atoms with Gasteiger partial charge in [-0.25, -0.2) is 0 Å². The average molecular weight is 358 g/mol. The van der Waals surface area contributed by atoms with E-state index in [2.05, 4.69) is 15.5 Å². The number of carbonyl (C=O) groups is 1. The molecule has 0 aliphatic heterocycles. The zero-order chi connectivity index (χ0) is 17.6. The zero-order valence-electron chi connectivity index (χ0n) is 13.5. The number of methoxy groups -OCH3 is 1. The number of amides is 1. The van der Waals surface area contributed by atoms with E-state index in [0.29, 0.717) is 35.1 Å². The average Bonchev–Trinajstić information content (AvgIpc) is 3.12. The van der Waals surface area contributed by atoms with Crippen LogP contribution in [0, 0.1) is 0 Å². The quantitative estimate of drug-likeness (QED) is 0.684. The van der Waals surface area contributed by atoms with Crippen LogP contribution in [0.15, 0.2) is 53.1 Å². The van der Waals surface area contributed by atoms with Gasteiger partial charge in [0.15, 0.2) is 0 Å². The fraction of sp³-hybridized carbons (Fsp3) is 0.167. The first-order valence-electron chi connectivity index (χ1n) is 7.65. The normalized spacial score (nSPS) is 10.6. The third-order valence-electron chi connectivity index (χ3n) is 3.52. The molecule has 6 nitrogen and oxygen atoms in total. The van der Waals surface area contributed by atoms with Crippen LogP contribution in [-0.2, 0) is 4.74 Å². The summed E-state index contributed by atoms with van der Waals surface area (Å²) < 4.78 is 10.3. The lowest BCUT2D eigenvalue weighted by Gasteiger charge is -2.07. The van der Waals surface area contributed by atoms with Gasteiger partial charge in [0.2, 0.25) is 5.82 Å². The van der Waals surface area contributed by atoms with Gasteiger partial charge < -0.3 is 14.6 Å². The standard InChI is InChI=1S/C18H16ClN3O3/c1-24-11-10-20-17(23)14-4-2-3-5-15(14)18-21-16(22-25-18)12-6-8-13(19)9-7-12/h2-9H,10-11H2,1H3,(H,20,23). The summed E-state index contributed by atoms with van der Waals surface area (Å²) in [6, 6.07) is 14.2. The van der Waals surface area contributed by atoms with Gasteiger partial charge >= 0.3 is 0 Å². The van der Waals surface area contributed by atoms with Crippen molar-refractivity contribution in [2.75, 3.05) is 20.3 Å². The minimum atomic E-state index is -0.223. The molecule has 0 atom stereocenters. The molecule has 1 heterocycles. The molecule has 0 spiro atoms. The number of halogens is 1. The molecule has 25 heavy (non-hydrogen) atoms. The van der Waals surface area contributed by atoms with Gasteiger partial charge in [0.05, 0.1) is 17.7 Å². The second-order valence-electron chi connectivity index (χ2n) is 5.22. The second-order valence-corrected chi connectivity index (χ2v) is 5.66. The Balaban J connectivity index is 1.87. The summed E-state index contributed by atoms with van der Waals surface area (Å²) in [5.74, 6) is 0.489. The molecule has 0 aliphatic carbocycles. The predicted molar refractivity (Wildman–Crippen MR) is 94.4 cm³/mol. The number of hydrogen-bond donors (Lipinski definition) is 1. The lowest BCUT2D eigenvalue weighted by atomic mass is 10.1. The summed E-state index contributed by atoms with van der Waals surface area (Å²) in [7, 11) is 1.58. The van der Waals surface area contributed by atoms with Crippen molar-refractivity contribution < 1.29 is 14.1 Å². The van der Waals surface area contributed by atoms with Crippen molar-refractivity contribution in [2.24, 2.45) is 0 Å². The van der Waals surface area contributed by atoms with Crippen LogP contribution < -0.4 is 5.32 Å². The SMILES string of the molecule is COCCNC(=O)c1ccccc1-c1nc(-c2ccc(Cl)cc2)no1. The molecule has 0 saturated heterocycles. The molecule has 0 unspecified atom stereocenters. The van der Waals surface area contributed by atoms with E-state index >= 15 is 0 Å². The van der Waals surface area contributed by atoms with E-state index in [-0.39, 0.29) is 11.8 Å². The van der Waals surface area contributed by atoms with E-state index in [1.54, 1.807) is 49.6 Å². The van der Waals surface area contributed by atoms with Crippen LogP contribution in [0.25, 0.3) is 22.8 Å². The van der Waals surface area contributed by atoms with Crippen molar-refractivity contribution in [2.45, 2.75) is 0 Å². The molecule has 0 saturated carbocycles. The van der Waals surface area contributed by atoms with Crippen LogP contribution in [0.3, 0.4) is 0 Å². The van der Waals surface area contributed by atoms with Crippen LogP contribution >= 0.6 is 11.6 Å². The molecule has 0 fully saturated rings. The Labute approximate surface area is 149 Å². The number of carbonyl (C=O) groups excluding carboxylic acids is 1. The number of rotatable bonds is 6. The Morgan fingerprint density at radius 3 is 2.72 bits per heavy atom. The zero-order valence-corrected chi connectivity index (χ0v) is 14.3. The molecule has 1 amide bonds. The fourth-order valence-corrected chi connectivity index (χ4v) is 2.40. The number of nitrogens with one attached hydrogen (secondary N) is 1. The maximum Gasteiger partial charge on any atom is 0.259 e. The summed E-state index contributed by atoms with van der Waals surface area (Å²) in [6.45, 7) is 0.860. The Hall–Kier alpha value is -2.70. The number of hydrogen-bond acceptors (Lipinski definition) is 5. The van der Waals surface area contributed by atoms with Crippen LogP contribution in [0.5, 0.6) is 0 Å². The van der Waals surface area contributed by atoms with Crippen LogP contribution in [0.4, 0.5) is 0 Å². The Morgan fingerprint density at radius 2 is 1.96 bits per heavy atom. The minimum Gasteiger partial charge on any atom is -0.383 e. The van der Waals surface area contributed by atoms with Gasteiger partial charge in [0.1, 0.15) is 0 Å². The Morgan fingerprint density at radius 1 is 1.20 bits per heavy atom. The van der Waals surface area contributed by atoms with Crippen LogP contribution in [-0.4, -0.2) is 36.3 Å². The van der Waals surface area contributed by atoms with E-state index in [0.717, 1.165) is 5.56 Å². The highest BCUT2D eigenvalue weighted by Gasteiger charge is 2.17. The smallest absolute Gasteiger partial charge is 0.259 e. The number of aromatic nitrogens is 2. The molecular weight excluding hydrogens is 342 g/mol. The maximum atomic E-state index is 12.4. The Bertz CT molecular complexity index is 862. The van der Waals surface area contributed by atoms with Crippen molar-refractivity contribution in [1.82, 2.24) is 15.5 Å². The first-order valence-corrected chi connectivity index (χ1v) is 8.03. The second kappa shape index (κ2) is 7.92. The molecular formula is C18H16ClN3O3. The van der Waals surface area contributed by atoms with Gasteiger partial charge in [-0.05, 0) is 36.4 Å². The molecule has 1 N–H and O–H groups in total. The van der Waals surface area contributed by atoms with E-state index in [1.807, 2.05) is 6.07 Å². The maximum absolute atomic E-state index is 12.4. The van der Waals surface area contributed by atoms with Gasteiger partial charge in [-0.15, -0.1) is 0 Å². The molecule has 7 heteroatoms. The minimum absolute atomic E-state index is 0.223. The Kier molecular flexibility index (Phi) is 5.42. The number of nitrogens with zero attached hydrogens (tertiary/aromatic N) is 2. The summed E-state index contributed by atoms with van der Waals surface area (Å²) >= 11 is 5.89. The van der Waals surface area contributed by atoms with Crippen molar-refractivity contribution >= 4 is 17.5 Å². The van der Waals surface area contributed by atoms with E-state index in [9.17, 15) is 4.79 Å². The van der Waals surface area contributed by atoms with E-state index in [4.69, 9.17) is 20.9 Å². The summed E-state index contributed by atoms with van der Waals surface area (Å²) in [5.41, 5.74) is 1.82. The molecule has 0 radical (unpaired) electrons. The van der Waals surface area contributed by atoms with Gasteiger partial charge in [0.25, 0.3) is 11.8 Å². The largest absolute Gasteiger partial charge is 0.383 e. The highest BCUT2D eigenvalue weighted by molar-refractivity contribution is 6.30. The van der Waals surface area contributed by atoms with Crippen molar-refractivity contribution in [3.63, 3.8) is 0 Å². The molecule has 0 aliphatic rings. The number of benzene rings is 2. The highest BCUT2D eigenvalue weighted by atomic mass is 35.5. The summed E-state index contributed by atoms with van der Waals surface area (Å²) in [6.07, 6.45) is 0. The highest BCUT2D eigenvalue weighted by Crippen LogP contribution is 2.25. The summed E-state index contributed by atoms with van der Waals surface area (Å²) in [5, 5.41) is 7.40. The number of ether oxygens (including phenoxy) is 1. The molecule has 3 aromatic rings. The van der Waals surface area contributed by atoms with Gasteiger partial charge in [0, 0.05) is 24.2 Å². The topological polar surface area (TPSA) is 77.2 Å². The van der Waals surface area contributed by atoms with Crippen molar-refractivity contribution in [3.05, 3.63) is 59.1 Å². The summed E-state index contributed by atoms with van der Waals surface area (Å²) in [4.78, 5) is 16.8. The van der Waals surface area contributed by atoms with Crippen molar-refractivity contribution in [3.8, 4) is 22.8 Å². The van der Waals surface area contributed by atoms with Crippen LogP contribution in [0.2, 0.25) is 5.02 Å². The van der Waals surface area contributed by atoms with E-state index in [1.165, 1.54) is 0 Å². The molecule has 2 aromatic carbocycles. The molecule has 3 rings (SSSR count). The lowest BCUT2D eigenvalue weighted by Crippen LogP contribution is -2.27. The molecule has 1 aromatic heterocycles. The van der Waals surface area contributed by atoms with Gasteiger partial charge in [-0.1, -0.05) is 28.9 Å². The first kappa shape index (κ1) is 17.1. The third kappa shape index (κ3) is 4.04. The molecule has 0 bridgehead atoms. The van der Waals surface area contributed by atoms with E-state index < -0.39 is 0 Å². The monoisotopic (exact) mass is 357 g/mol. The van der Waals surface area contributed by atoms with Crippen LogP contribution in [0.1, 0.15) is 10.4 Å². The fourth-order valence-electron chi connectivity index (χ4n) is 2.28. The lowest BCUT2D eigenvalue weighted by molar-refractivity contribution is 0.0937. The predicted octanol–water partition coefficient (Wildman–Crippen LogP) is 3.43. The van der Waals surface area contributed by atoms with Crippen molar-refractivity contribution in [1.29, 1.82) is 0 Å². The van der Waals surface area contributed by atoms with Gasteiger partial charge in [-0.3, -0.25) is 4.79 Å². The first-order chi connectivity index (χ1) is 12.2.